The van der Waals surface area contributed by atoms with Crippen LogP contribution in [0.1, 0.15) is 19.3 Å². The van der Waals surface area contributed by atoms with Gasteiger partial charge in [0.15, 0.2) is 12.2 Å². The number of rotatable bonds is 5. The lowest BCUT2D eigenvalue weighted by atomic mass is 9.77. The van der Waals surface area contributed by atoms with Crippen molar-refractivity contribution in [3.63, 3.8) is 0 Å². The summed E-state index contributed by atoms with van der Waals surface area (Å²) < 4.78 is 5.02. The van der Waals surface area contributed by atoms with Gasteiger partial charge in [0.25, 0.3) is 11.8 Å². The number of hydrogen-bond donors (Lipinski definition) is 4. The molecule has 2 saturated heterocycles. The van der Waals surface area contributed by atoms with Gasteiger partial charge in [-0.05, 0) is 43.5 Å². The van der Waals surface area contributed by atoms with Crippen molar-refractivity contribution in [2.45, 2.75) is 31.5 Å². The number of anilines is 1. The van der Waals surface area contributed by atoms with E-state index >= 15 is 0 Å². The minimum atomic E-state index is -1.90. The fraction of sp³-hybridized carbons (Fsp3) is 0.526. The molecule has 3 rings (SSSR count). The SMILES string of the molecule is COc1ccc(NC(=O)[C@@H](O)[C@H](O)C(=O)N2CCC3(CCNC3=O)CC2)cc1. The number of likely N-dealkylation sites (tertiary alicyclic amines) is 1. The van der Waals surface area contributed by atoms with Gasteiger partial charge >= 0.3 is 0 Å². The van der Waals surface area contributed by atoms with Crippen molar-refractivity contribution >= 4 is 23.4 Å². The van der Waals surface area contributed by atoms with Gasteiger partial charge in [0.2, 0.25) is 5.91 Å². The lowest BCUT2D eigenvalue weighted by molar-refractivity contribution is -0.154. The maximum Gasteiger partial charge on any atom is 0.256 e. The van der Waals surface area contributed by atoms with Crippen molar-refractivity contribution < 1.29 is 29.3 Å². The molecule has 0 aromatic heterocycles. The van der Waals surface area contributed by atoms with Crippen LogP contribution in [0, 0.1) is 5.41 Å². The molecule has 0 bridgehead atoms. The number of carbonyl (C=O) groups excluding carboxylic acids is 3. The Bertz CT molecular complexity index is 743. The second-order valence-electron chi connectivity index (χ2n) is 7.22. The van der Waals surface area contributed by atoms with Crippen LogP contribution in [0.5, 0.6) is 5.75 Å². The molecule has 4 N–H and O–H groups in total. The first-order valence-electron chi connectivity index (χ1n) is 9.24. The van der Waals surface area contributed by atoms with Crippen LogP contribution in [0.25, 0.3) is 0 Å². The third-order valence-electron chi connectivity index (χ3n) is 5.58. The highest BCUT2D eigenvalue weighted by molar-refractivity contribution is 5.98. The second kappa shape index (κ2) is 8.15. The van der Waals surface area contributed by atoms with E-state index < -0.39 is 29.4 Å². The van der Waals surface area contributed by atoms with E-state index in [-0.39, 0.29) is 5.91 Å². The molecule has 1 aromatic carbocycles. The van der Waals surface area contributed by atoms with E-state index in [9.17, 15) is 24.6 Å². The molecule has 0 saturated carbocycles. The standard InChI is InChI=1S/C19H25N3O6/c1-28-13-4-2-12(3-5-13)21-16(25)14(23)15(24)17(26)22-10-7-19(8-11-22)6-9-20-18(19)27/h2-5,14-15,23-24H,6-11H2,1H3,(H,20,27)(H,21,25)/t14-,15-/m0/s1. The van der Waals surface area contributed by atoms with E-state index in [4.69, 9.17) is 4.74 Å². The Morgan fingerprint density at radius 1 is 1.14 bits per heavy atom. The first-order valence-corrected chi connectivity index (χ1v) is 9.24. The van der Waals surface area contributed by atoms with Crippen LogP contribution in [-0.4, -0.2) is 71.8 Å². The number of nitrogens with one attached hydrogen (secondary N) is 2. The highest BCUT2D eigenvalue weighted by Crippen LogP contribution is 2.38. The first kappa shape index (κ1) is 20.1. The molecule has 9 heteroatoms. The van der Waals surface area contributed by atoms with Crippen LogP contribution in [0.4, 0.5) is 5.69 Å². The van der Waals surface area contributed by atoms with Crippen LogP contribution in [0.2, 0.25) is 0 Å². The number of aliphatic hydroxyl groups is 2. The molecule has 2 fully saturated rings. The Morgan fingerprint density at radius 2 is 1.79 bits per heavy atom. The molecule has 2 aliphatic rings. The normalized spacial score (nSPS) is 20.4. The number of amides is 3. The first-order chi connectivity index (χ1) is 13.4. The molecule has 1 aromatic rings. The van der Waals surface area contributed by atoms with Gasteiger partial charge in [0, 0.05) is 25.3 Å². The Hall–Kier alpha value is -2.65. The van der Waals surface area contributed by atoms with Crippen molar-refractivity contribution in [2.75, 3.05) is 32.1 Å². The molecule has 0 radical (unpaired) electrons. The minimum absolute atomic E-state index is 0.0130. The maximum absolute atomic E-state index is 12.5. The van der Waals surface area contributed by atoms with Gasteiger partial charge in [-0.3, -0.25) is 14.4 Å². The van der Waals surface area contributed by atoms with E-state index in [1.165, 1.54) is 12.0 Å². The zero-order valence-electron chi connectivity index (χ0n) is 15.7. The third-order valence-corrected chi connectivity index (χ3v) is 5.58. The average Bonchev–Trinajstić information content (AvgIpc) is 3.07. The molecule has 152 valence electrons. The Kier molecular flexibility index (Phi) is 5.85. The molecule has 2 heterocycles. The summed E-state index contributed by atoms with van der Waals surface area (Å²) in [7, 11) is 1.51. The third kappa shape index (κ3) is 3.95. The van der Waals surface area contributed by atoms with Crippen LogP contribution in [0.3, 0.4) is 0 Å². The Balaban J connectivity index is 1.54. The number of carbonyl (C=O) groups is 3. The van der Waals surface area contributed by atoms with Gasteiger partial charge in [0.1, 0.15) is 5.75 Å². The average molecular weight is 391 g/mol. The van der Waals surface area contributed by atoms with Crippen molar-refractivity contribution in [2.24, 2.45) is 5.41 Å². The highest BCUT2D eigenvalue weighted by atomic mass is 16.5. The number of aliphatic hydroxyl groups excluding tert-OH is 2. The molecule has 3 amide bonds. The van der Waals surface area contributed by atoms with Crippen LogP contribution < -0.4 is 15.4 Å². The number of hydrogen-bond acceptors (Lipinski definition) is 6. The van der Waals surface area contributed by atoms with Gasteiger partial charge in [-0.25, -0.2) is 0 Å². The zero-order valence-corrected chi connectivity index (χ0v) is 15.7. The predicted molar refractivity (Wildman–Crippen MR) is 99.5 cm³/mol. The van der Waals surface area contributed by atoms with Crippen LogP contribution in [-0.2, 0) is 14.4 Å². The molecular formula is C19H25N3O6. The van der Waals surface area contributed by atoms with Crippen molar-refractivity contribution in [3.05, 3.63) is 24.3 Å². The fourth-order valence-corrected chi connectivity index (χ4v) is 3.70. The fourth-order valence-electron chi connectivity index (χ4n) is 3.70. The van der Waals surface area contributed by atoms with Crippen molar-refractivity contribution in [1.29, 1.82) is 0 Å². The minimum Gasteiger partial charge on any atom is -0.497 e. The van der Waals surface area contributed by atoms with Gasteiger partial charge in [-0.15, -0.1) is 0 Å². The van der Waals surface area contributed by atoms with Gasteiger partial charge in [-0.1, -0.05) is 0 Å². The molecule has 0 unspecified atom stereocenters. The number of ether oxygens (including phenoxy) is 1. The summed E-state index contributed by atoms with van der Waals surface area (Å²) in [5.74, 6) is -0.980. The molecular weight excluding hydrogens is 366 g/mol. The topological polar surface area (TPSA) is 128 Å². The number of benzene rings is 1. The number of methoxy groups -OCH3 is 1. The zero-order chi connectivity index (χ0) is 20.3. The largest absolute Gasteiger partial charge is 0.497 e. The lowest BCUT2D eigenvalue weighted by Gasteiger charge is -2.38. The Labute approximate surface area is 162 Å². The van der Waals surface area contributed by atoms with Crippen LogP contribution >= 0.6 is 0 Å². The smallest absolute Gasteiger partial charge is 0.256 e. The monoisotopic (exact) mass is 391 g/mol. The highest BCUT2D eigenvalue weighted by Gasteiger charge is 2.46. The summed E-state index contributed by atoms with van der Waals surface area (Å²) in [6.07, 6.45) is -2.02. The van der Waals surface area contributed by atoms with Gasteiger partial charge < -0.3 is 30.5 Å². The van der Waals surface area contributed by atoms with Gasteiger partial charge in [-0.2, -0.15) is 0 Å². The summed E-state index contributed by atoms with van der Waals surface area (Å²) in [6, 6.07) is 6.42. The maximum atomic E-state index is 12.5. The quantitative estimate of drug-likeness (QED) is 0.535. The van der Waals surface area contributed by atoms with Crippen molar-refractivity contribution in [1.82, 2.24) is 10.2 Å². The summed E-state index contributed by atoms with van der Waals surface area (Å²) in [6.45, 7) is 1.24. The molecule has 2 atom stereocenters. The van der Waals surface area contributed by atoms with E-state index in [2.05, 4.69) is 10.6 Å². The number of piperidine rings is 1. The molecule has 28 heavy (non-hydrogen) atoms. The molecule has 2 aliphatic heterocycles. The van der Waals surface area contributed by atoms with E-state index in [1.807, 2.05) is 0 Å². The second-order valence-corrected chi connectivity index (χ2v) is 7.22. The molecule has 0 aliphatic carbocycles. The predicted octanol–water partition coefficient (Wildman–Crippen LogP) is -0.516. The lowest BCUT2D eigenvalue weighted by Crippen LogP contribution is -2.53. The summed E-state index contributed by atoms with van der Waals surface area (Å²) in [4.78, 5) is 38.1. The van der Waals surface area contributed by atoms with Crippen LogP contribution in [0.15, 0.2) is 24.3 Å². The summed E-state index contributed by atoms with van der Waals surface area (Å²) >= 11 is 0. The van der Waals surface area contributed by atoms with E-state index in [1.54, 1.807) is 24.3 Å². The molecule has 1 spiro atoms. The summed E-state index contributed by atoms with van der Waals surface area (Å²) in [5, 5.41) is 25.5. The Morgan fingerprint density at radius 3 is 2.32 bits per heavy atom. The summed E-state index contributed by atoms with van der Waals surface area (Å²) in [5.41, 5.74) is -0.0387. The van der Waals surface area contributed by atoms with E-state index in [0.29, 0.717) is 43.9 Å². The molecule has 9 nitrogen and oxygen atoms in total. The number of nitrogens with zero attached hydrogens (tertiary/aromatic N) is 1. The van der Waals surface area contributed by atoms with Gasteiger partial charge in [0.05, 0.1) is 12.5 Å². The van der Waals surface area contributed by atoms with Crippen molar-refractivity contribution in [3.8, 4) is 5.75 Å². The van der Waals surface area contributed by atoms with E-state index in [0.717, 1.165) is 6.42 Å².